The second kappa shape index (κ2) is 5.37. The van der Waals surface area contributed by atoms with E-state index in [1.54, 1.807) is 11.3 Å². The highest BCUT2D eigenvalue weighted by atomic mass is 32.1. The molecular weight excluding hydrogens is 286 g/mol. The van der Waals surface area contributed by atoms with E-state index in [2.05, 4.69) is 15.5 Å². The molecule has 2 aromatic heterocycles. The van der Waals surface area contributed by atoms with Gasteiger partial charge in [0.05, 0.1) is 18.1 Å². The maximum atomic E-state index is 12.4. The zero-order chi connectivity index (χ0) is 15.0. The van der Waals surface area contributed by atoms with Gasteiger partial charge in [0.1, 0.15) is 0 Å². The number of carbonyl (C=O) groups excluding carboxylic acids is 1. The van der Waals surface area contributed by atoms with Crippen LogP contribution in [0.25, 0.3) is 0 Å². The number of aryl methyl sites for hydroxylation is 1. The number of rotatable bonds is 3. The summed E-state index contributed by atoms with van der Waals surface area (Å²) < 4.78 is 5.25. The Labute approximate surface area is 127 Å². The molecule has 0 saturated heterocycles. The molecule has 0 aromatic carbocycles. The Bertz CT molecular complexity index is 701. The molecule has 0 aliphatic carbocycles. The smallest absolute Gasteiger partial charge is 0.336 e. The van der Waals surface area contributed by atoms with Gasteiger partial charge in [0.2, 0.25) is 0 Å². The van der Waals surface area contributed by atoms with Crippen LogP contribution in [0.4, 0.5) is 5.82 Å². The highest BCUT2D eigenvalue weighted by molar-refractivity contribution is 7.10. The number of fused-ring (bicyclic) bond motifs is 1. The number of hydrogen-bond acceptors (Lipinski definition) is 5. The highest BCUT2D eigenvalue weighted by Crippen LogP contribution is 2.44. The zero-order valence-electron chi connectivity index (χ0n) is 12.2. The number of aromatic amines is 1. The SMILES string of the molecule is CCOC(=O)C1=C(C)Nc2n[nH]c(C)c2C1c1cccs1. The molecule has 1 aliphatic heterocycles. The maximum absolute atomic E-state index is 12.4. The molecular formula is C15H17N3O2S. The van der Waals surface area contributed by atoms with E-state index in [-0.39, 0.29) is 11.9 Å². The van der Waals surface area contributed by atoms with E-state index in [1.165, 1.54) is 0 Å². The predicted molar refractivity (Wildman–Crippen MR) is 82.4 cm³/mol. The molecule has 0 amide bonds. The number of hydrogen-bond donors (Lipinski definition) is 2. The van der Waals surface area contributed by atoms with Gasteiger partial charge in [-0.15, -0.1) is 11.3 Å². The number of esters is 1. The van der Waals surface area contributed by atoms with Crippen molar-refractivity contribution in [2.24, 2.45) is 0 Å². The largest absolute Gasteiger partial charge is 0.463 e. The Morgan fingerprint density at radius 1 is 1.48 bits per heavy atom. The van der Waals surface area contributed by atoms with E-state index in [0.29, 0.717) is 12.2 Å². The summed E-state index contributed by atoms with van der Waals surface area (Å²) in [5.74, 6) is 0.391. The van der Waals surface area contributed by atoms with Crippen molar-refractivity contribution >= 4 is 23.1 Å². The zero-order valence-corrected chi connectivity index (χ0v) is 13.0. The summed E-state index contributed by atoms with van der Waals surface area (Å²) in [6, 6.07) is 4.04. The van der Waals surface area contributed by atoms with Gasteiger partial charge in [-0.3, -0.25) is 5.10 Å². The fourth-order valence-electron chi connectivity index (χ4n) is 2.71. The Kier molecular flexibility index (Phi) is 3.55. The first-order valence-corrected chi connectivity index (χ1v) is 7.74. The van der Waals surface area contributed by atoms with Crippen molar-refractivity contribution in [1.29, 1.82) is 0 Å². The molecule has 6 heteroatoms. The van der Waals surface area contributed by atoms with Gasteiger partial charge in [-0.25, -0.2) is 4.79 Å². The molecule has 2 aromatic rings. The van der Waals surface area contributed by atoms with Crippen LogP contribution in [-0.4, -0.2) is 22.8 Å². The molecule has 1 unspecified atom stereocenters. The fraction of sp³-hybridized carbons (Fsp3) is 0.333. The molecule has 1 aliphatic rings. The molecule has 0 saturated carbocycles. The van der Waals surface area contributed by atoms with Crippen LogP contribution in [0.15, 0.2) is 28.8 Å². The minimum atomic E-state index is -0.271. The van der Waals surface area contributed by atoms with Crippen LogP contribution in [0.1, 0.15) is 35.9 Å². The third kappa shape index (κ3) is 2.25. The topological polar surface area (TPSA) is 67.0 Å². The minimum absolute atomic E-state index is 0.126. The number of carbonyl (C=O) groups is 1. The van der Waals surface area contributed by atoms with Crippen LogP contribution >= 0.6 is 11.3 Å². The molecule has 0 spiro atoms. The summed E-state index contributed by atoms with van der Waals surface area (Å²) in [4.78, 5) is 13.5. The van der Waals surface area contributed by atoms with Gasteiger partial charge in [0, 0.05) is 21.8 Å². The van der Waals surface area contributed by atoms with Crippen molar-refractivity contribution in [2.75, 3.05) is 11.9 Å². The first-order valence-electron chi connectivity index (χ1n) is 6.86. The molecule has 3 rings (SSSR count). The predicted octanol–water partition coefficient (Wildman–Crippen LogP) is 3.17. The van der Waals surface area contributed by atoms with Crippen molar-refractivity contribution in [2.45, 2.75) is 26.7 Å². The van der Waals surface area contributed by atoms with Gasteiger partial charge in [0.25, 0.3) is 0 Å². The number of thiophene rings is 1. The van der Waals surface area contributed by atoms with E-state index in [0.717, 1.165) is 27.6 Å². The van der Waals surface area contributed by atoms with Gasteiger partial charge in [-0.2, -0.15) is 5.10 Å². The lowest BCUT2D eigenvalue weighted by atomic mass is 9.85. The molecule has 110 valence electrons. The van der Waals surface area contributed by atoms with Crippen LogP contribution in [0.5, 0.6) is 0 Å². The number of nitrogens with one attached hydrogen (secondary N) is 2. The van der Waals surface area contributed by atoms with Gasteiger partial charge in [0.15, 0.2) is 5.82 Å². The number of ether oxygens (including phenoxy) is 1. The Hall–Kier alpha value is -2.08. The lowest BCUT2D eigenvalue weighted by Gasteiger charge is -2.26. The first kappa shape index (κ1) is 13.9. The standard InChI is InChI=1S/C15H17N3O2S/c1-4-20-15(19)12-8(2)16-14-11(9(3)17-18-14)13(12)10-6-5-7-21-10/h5-7,13H,4H2,1-3H3,(H2,16,17,18). The third-order valence-corrected chi connectivity index (χ3v) is 4.54. The molecule has 3 heterocycles. The lowest BCUT2D eigenvalue weighted by molar-refractivity contribution is -0.138. The molecule has 0 radical (unpaired) electrons. The normalized spacial score (nSPS) is 17.4. The summed E-state index contributed by atoms with van der Waals surface area (Å²) in [7, 11) is 0. The second-order valence-electron chi connectivity index (χ2n) is 4.94. The van der Waals surface area contributed by atoms with Crippen LogP contribution in [0.2, 0.25) is 0 Å². The average Bonchev–Trinajstić information content (AvgIpc) is 3.08. The van der Waals surface area contributed by atoms with E-state index in [1.807, 2.05) is 38.3 Å². The second-order valence-corrected chi connectivity index (χ2v) is 5.92. The van der Waals surface area contributed by atoms with E-state index in [9.17, 15) is 4.79 Å². The van der Waals surface area contributed by atoms with Crippen molar-refractivity contribution in [1.82, 2.24) is 10.2 Å². The van der Waals surface area contributed by atoms with Crippen molar-refractivity contribution in [3.8, 4) is 0 Å². The number of anilines is 1. The van der Waals surface area contributed by atoms with Crippen molar-refractivity contribution < 1.29 is 9.53 Å². The fourth-order valence-corrected chi connectivity index (χ4v) is 3.56. The molecule has 0 fully saturated rings. The number of allylic oxidation sites excluding steroid dienone is 1. The number of H-pyrrole nitrogens is 1. The van der Waals surface area contributed by atoms with Crippen molar-refractivity contribution in [3.63, 3.8) is 0 Å². The molecule has 0 bridgehead atoms. The summed E-state index contributed by atoms with van der Waals surface area (Å²) in [5, 5.41) is 12.5. The van der Waals surface area contributed by atoms with Gasteiger partial charge in [-0.05, 0) is 32.2 Å². The summed E-state index contributed by atoms with van der Waals surface area (Å²) in [6.07, 6.45) is 0. The molecule has 1 atom stereocenters. The molecule has 5 nitrogen and oxygen atoms in total. The van der Waals surface area contributed by atoms with Crippen LogP contribution in [-0.2, 0) is 9.53 Å². The lowest BCUT2D eigenvalue weighted by Crippen LogP contribution is -2.24. The van der Waals surface area contributed by atoms with Gasteiger partial charge in [-0.1, -0.05) is 6.07 Å². The average molecular weight is 303 g/mol. The van der Waals surface area contributed by atoms with Crippen LogP contribution < -0.4 is 5.32 Å². The summed E-state index contributed by atoms with van der Waals surface area (Å²) >= 11 is 1.64. The van der Waals surface area contributed by atoms with Crippen LogP contribution in [0.3, 0.4) is 0 Å². The monoisotopic (exact) mass is 303 g/mol. The van der Waals surface area contributed by atoms with E-state index in [4.69, 9.17) is 4.74 Å². The third-order valence-electron chi connectivity index (χ3n) is 3.60. The minimum Gasteiger partial charge on any atom is -0.463 e. The maximum Gasteiger partial charge on any atom is 0.336 e. The number of nitrogens with zero attached hydrogens (tertiary/aromatic N) is 1. The van der Waals surface area contributed by atoms with Gasteiger partial charge < -0.3 is 10.1 Å². The molecule has 2 N–H and O–H groups in total. The van der Waals surface area contributed by atoms with E-state index >= 15 is 0 Å². The van der Waals surface area contributed by atoms with Crippen molar-refractivity contribution in [3.05, 3.63) is 44.9 Å². The highest BCUT2D eigenvalue weighted by Gasteiger charge is 2.36. The number of aromatic nitrogens is 2. The quantitative estimate of drug-likeness (QED) is 0.855. The Morgan fingerprint density at radius 3 is 2.95 bits per heavy atom. The summed E-state index contributed by atoms with van der Waals surface area (Å²) in [6.45, 7) is 6.04. The summed E-state index contributed by atoms with van der Waals surface area (Å²) in [5.41, 5.74) is 3.44. The van der Waals surface area contributed by atoms with Crippen LogP contribution in [0, 0.1) is 6.92 Å². The van der Waals surface area contributed by atoms with E-state index < -0.39 is 0 Å². The Morgan fingerprint density at radius 2 is 2.29 bits per heavy atom. The Balaban J connectivity index is 2.16. The first-order chi connectivity index (χ1) is 10.1. The van der Waals surface area contributed by atoms with Gasteiger partial charge >= 0.3 is 5.97 Å². The molecule has 21 heavy (non-hydrogen) atoms.